The van der Waals surface area contributed by atoms with E-state index >= 15 is 0 Å². The van der Waals surface area contributed by atoms with E-state index in [-0.39, 0.29) is 5.41 Å². The maximum atomic E-state index is 5.60. The zero-order valence-electron chi connectivity index (χ0n) is 15.3. The van der Waals surface area contributed by atoms with E-state index in [0.29, 0.717) is 12.4 Å². The standard InChI is InChI=1S/C19H24N4O2/c1-19(2,3)16-10-17(23(4)22-16)20-11-14-12-25-18(21-14)13-7-6-8-15(9-13)24-5/h6-10,12,20H,11H2,1-5H3. The Bertz CT molecular complexity index is 858. The minimum absolute atomic E-state index is 0.0190. The quantitative estimate of drug-likeness (QED) is 0.761. The predicted octanol–water partition coefficient (Wildman–Crippen LogP) is 3.99. The molecule has 1 aromatic carbocycles. The van der Waals surface area contributed by atoms with Crippen LogP contribution in [0.4, 0.5) is 5.82 Å². The molecule has 0 unspecified atom stereocenters. The molecule has 0 amide bonds. The molecule has 0 atom stereocenters. The van der Waals surface area contributed by atoms with E-state index < -0.39 is 0 Å². The molecule has 132 valence electrons. The molecule has 2 aromatic heterocycles. The molecule has 0 saturated heterocycles. The first-order chi connectivity index (χ1) is 11.9. The number of aromatic nitrogens is 3. The van der Waals surface area contributed by atoms with Crippen molar-refractivity contribution in [2.45, 2.75) is 32.7 Å². The Morgan fingerprint density at radius 3 is 2.72 bits per heavy atom. The molecule has 0 spiro atoms. The summed E-state index contributed by atoms with van der Waals surface area (Å²) in [4.78, 5) is 4.54. The fraction of sp³-hybridized carbons (Fsp3) is 0.368. The number of oxazole rings is 1. The van der Waals surface area contributed by atoms with Crippen LogP contribution in [-0.4, -0.2) is 21.9 Å². The number of anilines is 1. The smallest absolute Gasteiger partial charge is 0.226 e. The van der Waals surface area contributed by atoms with E-state index in [0.717, 1.165) is 28.5 Å². The average Bonchev–Trinajstić information content (AvgIpc) is 3.19. The van der Waals surface area contributed by atoms with Crippen LogP contribution in [0.1, 0.15) is 32.2 Å². The Kier molecular flexibility index (Phi) is 4.53. The molecular formula is C19H24N4O2. The van der Waals surface area contributed by atoms with E-state index in [2.05, 4.69) is 42.2 Å². The summed E-state index contributed by atoms with van der Waals surface area (Å²) in [6, 6.07) is 9.73. The number of benzene rings is 1. The summed E-state index contributed by atoms with van der Waals surface area (Å²) in [6.07, 6.45) is 1.67. The number of ether oxygens (including phenoxy) is 1. The first kappa shape index (κ1) is 17.1. The van der Waals surface area contributed by atoms with Gasteiger partial charge in [0.15, 0.2) is 0 Å². The first-order valence-corrected chi connectivity index (χ1v) is 8.24. The van der Waals surface area contributed by atoms with Crippen molar-refractivity contribution in [3.63, 3.8) is 0 Å². The molecule has 0 aliphatic heterocycles. The van der Waals surface area contributed by atoms with Gasteiger partial charge in [-0.3, -0.25) is 4.68 Å². The lowest BCUT2D eigenvalue weighted by Gasteiger charge is -2.13. The van der Waals surface area contributed by atoms with Gasteiger partial charge < -0.3 is 14.5 Å². The van der Waals surface area contributed by atoms with Gasteiger partial charge in [-0.05, 0) is 18.2 Å². The van der Waals surface area contributed by atoms with Crippen molar-refractivity contribution >= 4 is 5.82 Å². The van der Waals surface area contributed by atoms with Crippen molar-refractivity contribution in [1.29, 1.82) is 0 Å². The van der Waals surface area contributed by atoms with Crippen molar-refractivity contribution in [2.75, 3.05) is 12.4 Å². The van der Waals surface area contributed by atoms with E-state index in [1.807, 2.05) is 36.0 Å². The number of nitrogens with zero attached hydrogens (tertiary/aromatic N) is 3. The number of hydrogen-bond acceptors (Lipinski definition) is 5. The fourth-order valence-electron chi connectivity index (χ4n) is 2.46. The lowest BCUT2D eigenvalue weighted by molar-refractivity contribution is 0.414. The summed E-state index contributed by atoms with van der Waals surface area (Å²) >= 11 is 0. The second kappa shape index (κ2) is 6.63. The molecule has 3 rings (SSSR count). The molecule has 0 fully saturated rings. The van der Waals surface area contributed by atoms with Crippen molar-refractivity contribution in [2.24, 2.45) is 7.05 Å². The van der Waals surface area contributed by atoms with Gasteiger partial charge in [-0.2, -0.15) is 5.10 Å². The summed E-state index contributed by atoms with van der Waals surface area (Å²) in [5.74, 6) is 2.31. The van der Waals surface area contributed by atoms with Crippen LogP contribution >= 0.6 is 0 Å². The van der Waals surface area contributed by atoms with E-state index in [1.54, 1.807) is 13.4 Å². The highest BCUT2D eigenvalue weighted by Crippen LogP contribution is 2.25. The molecular weight excluding hydrogens is 316 g/mol. The Morgan fingerprint density at radius 2 is 2.04 bits per heavy atom. The lowest BCUT2D eigenvalue weighted by Crippen LogP contribution is -2.12. The van der Waals surface area contributed by atoms with Crippen molar-refractivity contribution in [3.05, 3.63) is 48.0 Å². The van der Waals surface area contributed by atoms with Gasteiger partial charge in [0.05, 0.1) is 25.0 Å². The molecule has 0 radical (unpaired) electrons. The van der Waals surface area contributed by atoms with Crippen molar-refractivity contribution < 1.29 is 9.15 Å². The summed E-state index contributed by atoms with van der Waals surface area (Å²) in [5.41, 5.74) is 2.79. The van der Waals surface area contributed by atoms with Crippen LogP contribution < -0.4 is 10.1 Å². The van der Waals surface area contributed by atoms with Crippen molar-refractivity contribution in [3.8, 4) is 17.2 Å². The molecule has 6 heteroatoms. The van der Waals surface area contributed by atoms with Crippen LogP contribution in [0.2, 0.25) is 0 Å². The summed E-state index contributed by atoms with van der Waals surface area (Å²) < 4.78 is 12.7. The third-order valence-corrected chi connectivity index (χ3v) is 3.97. The highest BCUT2D eigenvalue weighted by molar-refractivity contribution is 5.56. The number of nitrogens with one attached hydrogen (secondary N) is 1. The van der Waals surface area contributed by atoms with Crippen LogP contribution in [0.3, 0.4) is 0 Å². The zero-order valence-corrected chi connectivity index (χ0v) is 15.3. The van der Waals surface area contributed by atoms with Gasteiger partial charge in [-0.15, -0.1) is 0 Å². The number of aryl methyl sites for hydroxylation is 1. The first-order valence-electron chi connectivity index (χ1n) is 8.24. The van der Waals surface area contributed by atoms with E-state index in [4.69, 9.17) is 9.15 Å². The average molecular weight is 340 g/mol. The third kappa shape index (κ3) is 3.84. The number of hydrogen-bond donors (Lipinski definition) is 1. The normalized spacial score (nSPS) is 11.6. The Morgan fingerprint density at radius 1 is 1.24 bits per heavy atom. The third-order valence-electron chi connectivity index (χ3n) is 3.97. The SMILES string of the molecule is COc1cccc(-c2nc(CNc3cc(C(C)(C)C)nn3C)co2)c1. The van der Waals surface area contributed by atoms with E-state index in [9.17, 15) is 0 Å². The van der Waals surface area contributed by atoms with Gasteiger partial charge in [0.2, 0.25) is 5.89 Å². The van der Waals surface area contributed by atoms with Gasteiger partial charge >= 0.3 is 0 Å². The molecule has 0 saturated carbocycles. The molecule has 3 aromatic rings. The fourth-order valence-corrected chi connectivity index (χ4v) is 2.46. The molecule has 0 bridgehead atoms. The van der Waals surface area contributed by atoms with Crippen LogP contribution in [-0.2, 0) is 19.0 Å². The Hall–Kier alpha value is -2.76. The second-order valence-corrected chi connectivity index (χ2v) is 7.02. The minimum Gasteiger partial charge on any atom is -0.497 e. The van der Waals surface area contributed by atoms with Gasteiger partial charge in [-0.25, -0.2) is 4.98 Å². The van der Waals surface area contributed by atoms with Gasteiger partial charge in [0, 0.05) is 24.1 Å². The van der Waals surface area contributed by atoms with E-state index in [1.165, 1.54) is 0 Å². The van der Waals surface area contributed by atoms with Gasteiger partial charge in [0.25, 0.3) is 0 Å². The number of rotatable bonds is 5. The number of methoxy groups -OCH3 is 1. The molecule has 0 aliphatic rings. The molecule has 25 heavy (non-hydrogen) atoms. The molecule has 2 heterocycles. The maximum absolute atomic E-state index is 5.60. The summed E-state index contributed by atoms with van der Waals surface area (Å²) in [6.45, 7) is 7.02. The second-order valence-electron chi connectivity index (χ2n) is 7.02. The monoisotopic (exact) mass is 340 g/mol. The lowest BCUT2D eigenvalue weighted by atomic mass is 9.92. The molecule has 0 aliphatic carbocycles. The largest absolute Gasteiger partial charge is 0.497 e. The van der Waals surface area contributed by atoms with Crippen LogP contribution in [0.5, 0.6) is 5.75 Å². The van der Waals surface area contributed by atoms with Crippen molar-refractivity contribution in [1.82, 2.24) is 14.8 Å². The Labute approximate surface area is 147 Å². The molecule has 6 nitrogen and oxygen atoms in total. The maximum Gasteiger partial charge on any atom is 0.226 e. The highest BCUT2D eigenvalue weighted by Gasteiger charge is 2.19. The minimum atomic E-state index is 0.0190. The summed E-state index contributed by atoms with van der Waals surface area (Å²) in [5, 5.41) is 7.92. The predicted molar refractivity (Wildman–Crippen MR) is 97.7 cm³/mol. The Balaban J connectivity index is 1.71. The highest BCUT2D eigenvalue weighted by atomic mass is 16.5. The van der Waals surface area contributed by atoms with Gasteiger partial charge in [-0.1, -0.05) is 26.8 Å². The van der Waals surface area contributed by atoms with Crippen LogP contribution in [0.15, 0.2) is 41.0 Å². The topological polar surface area (TPSA) is 65.1 Å². The van der Waals surface area contributed by atoms with Gasteiger partial charge in [0.1, 0.15) is 17.8 Å². The van der Waals surface area contributed by atoms with Crippen LogP contribution in [0.25, 0.3) is 11.5 Å². The molecule has 1 N–H and O–H groups in total. The zero-order chi connectivity index (χ0) is 18.0. The van der Waals surface area contributed by atoms with Crippen LogP contribution in [0, 0.1) is 0 Å². The summed E-state index contributed by atoms with van der Waals surface area (Å²) in [7, 11) is 3.58.